The molecule has 1 amide bonds. The molecule has 0 unspecified atom stereocenters. The molecular formula is C20H22Cl2N2O3S. The second-order valence-corrected chi connectivity index (χ2v) is 9.62. The smallest absolute Gasteiger partial charge is 0.246 e. The minimum Gasteiger partial charge on any atom is -0.336 e. The molecule has 0 aromatic heterocycles. The number of amides is 1. The van der Waals surface area contributed by atoms with Gasteiger partial charge in [0.2, 0.25) is 15.9 Å². The zero-order chi connectivity index (χ0) is 20.5. The molecule has 1 heterocycles. The zero-order valence-corrected chi connectivity index (χ0v) is 18.1. The van der Waals surface area contributed by atoms with Crippen molar-refractivity contribution in [2.75, 3.05) is 17.1 Å². The first kappa shape index (κ1) is 21.0. The highest BCUT2D eigenvalue weighted by molar-refractivity contribution is 7.92. The van der Waals surface area contributed by atoms with Crippen molar-refractivity contribution in [2.45, 2.75) is 32.4 Å². The van der Waals surface area contributed by atoms with Crippen molar-refractivity contribution in [2.24, 2.45) is 0 Å². The molecule has 8 heteroatoms. The summed E-state index contributed by atoms with van der Waals surface area (Å²) in [5.41, 5.74) is 2.60. The molecular weight excluding hydrogens is 419 g/mol. The number of carbonyl (C=O) groups is 1. The lowest BCUT2D eigenvalue weighted by Crippen LogP contribution is -2.51. The SMILES string of the molecule is CC[C@@H](C(=O)N1CCc2ccccc2C1)N(c1cc(Cl)cc(Cl)c1)S(C)(=O)=O. The van der Waals surface area contributed by atoms with Crippen LogP contribution in [0.2, 0.25) is 10.0 Å². The van der Waals surface area contributed by atoms with Crippen LogP contribution < -0.4 is 4.31 Å². The number of anilines is 1. The van der Waals surface area contributed by atoms with Crippen molar-refractivity contribution in [1.29, 1.82) is 0 Å². The Morgan fingerprint density at radius 2 is 1.75 bits per heavy atom. The third-order valence-corrected chi connectivity index (χ3v) is 6.47. The van der Waals surface area contributed by atoms with Crippen LogP contribution in [0.4, 0.5) is 5.69 Å². The Kier molecular flexibility index (Phi) is 6.22. The summed E-state index contributed by atoms with van der Waals surface area (Å²) >= 11 is 12.2. The summed E-state index contributed by atoms with van der Waals surface area (Å²) in [4.78, 5) is 15.0. The van der Waals surface area contributed by atoms with Gasteiger partial charge in [-0.2, -0.15) is 0 Å². The van der Waals surface area contributed by atoms with Crippen molar-refractivity contribution in [3.05, 3.63) is 63.6 Å². The molecule has 0 aliphatic carbocycles. The number of hydrogen-bond acceptors (Lipinski definition) is 3. The quantitative estimate of drug-likeness (QED) is 0.702. The van der Waals surface area contributed by atoms with Crippen molar-refractivity contribution in [3.63, 3.8) is 0 Å². The van der Waals surface area contributed by atoms with Gasteiger partial charge in [-0.25, -0.2) is 8.42 Å². The normalized spacial score (nSPS) is 15.1. The average Bonchev–Trinajstić information content (AvgIpc) is 2.63. The van der Waals surface area contributed by atoms with Crippen LogP contribution in [-0.4, -0.2) is 38.1 Å². The highest BCUT2D eigenvalue weighted by Gasteiger charge is 2.35. The number of carbonyl (C=O) groups excluding carboxylic acids is 1. The Bertz CT molecular complexity index is 974. The molecule has 2 aromatic carbocycles. The van der Waals surface area contributed by atoms with E-state index in [-0.39, 0.29) is 11.6 Å². The molecule has 0 saturated heterocycles. The minimum atomic E-state index is -3.74. The third kappa shape index (κ3) is 4.45. The second kappa shape index (κ2) is 8.31. The van der Waals surface area contributed by atoms with Gasteiger partial charge in [0, 0.05) is 23.1 Å². The van der Waals surface area contributed by atoms with E-state index in [1.54, 1.807) is 11.8 Å². The maximum atomic E-state index is 13.3. The lowest BCUT2D eigenvalue weighted by atomic mass is 9.99. The van der Waals surface area contributed by atoms with Gasteiger partial charge < -0.3 is 4.90 Å². The van der Waals surface area contributed by atoms with Crippen molar-refractivity contribution >= 4 is 44.8 Å². The molecule has 0 radical (unpaired) electrons. The van der Waals surface area contributed by atoms with E-state index in [4.69, 9.17) is 23.2 Å². The average molecular weight is 441 g/mol. The van der Waals surface area contributed by atoms with E-state index >= 15 is 0 Å². The van der Waals surface area contributed by atoms with Gasteiger partial charge in [-0.3, -0.25) is 9.10 Å². The number of sulfonamides is 1. The third-order valence-electron chi connectivity index (χ3n) is 4.86. The molecule has 5 nitrogen and oxygen atoms in total. The fourth-order valence-electron chi connectivity index (χ4n) is 3.60. The molecule has 1 aliphatic rings. The summed E-state index contributed by atoms with van der Waals surface area (Å²) in [6.07, 6.45) is 2.16. The van der Waals surface area contributed by atoms with E-state index in [0.717, 1.165) is 22.5 Å². The Balaban J connectivity index is 1.96. The van der Waals surface area contributed by atoms with E-state index in [9.17, 15) is 13.2 Å². The van der Waals surface area contributed by atoms with Crippen molar-refractivity contribution < 1.29 is 13.2 Å². The standard InChI is InChI=1S/C20H22Cl2N2O3S/c1-3-19(20(25)23-9-8-14-6-4-5-7-15(14)13-23)24(28(2,26)27)18-11-16(21)10-17(22)12-18/h4-7,10-12,19H,3,8-9,13H2,1-2H3/t19-/m0/s1. The summed E-state index contributed by atoms with van der Waals surface area (Å²) in [7, 11) is -3.74. The van der Waals surface area contributed by atoms with Gasteiger partial charge in [-0.05, 0) is 42.2 Å². The van der Waals surface area contributed by atoms with E-state index in [1.165, 1.54) is 23.8 Å². The summed E-state index contributed by atoms with van der Waals surface area (Å²) in [6.45, 7) is 2.82. The molecule has 0 bridgehead atoms. The topological polar surface area (TPSA) is 57.7 Å². The molecule has 2 aromatic rings. The Labute approximate surface area is 175 Å². The number of rotatable bonds is 5. The van der Waals surface area contributed by atoms with Gasteiger partial charge >= 0.3 is 0 Å². The number of halogens is 2. The number of fused-ring (bicyclic) bond motifs is 1. The first-order chi connectivity index (χ1) is 13.2. The van der Waals surface area contributed by atoms with Crippen LogP contribution >= 0.6 is 23.2 Å². The molecule has 0 saturated carbocycles. The molecule has 0 fully saturated rings. The summed E-state index contributed by atoms with van der Waals surface area (Å²) < 4.78 is 26.4. The number of hydrogen-bond donors (Lipinski definition) is 0. The van der Waals surface area contributed by atoms with Crippen LogP contribution in [0, 0.1) is 0 Å². The van der Waals surface area contributed by atoms with Crippen LogP contribution in [0.15, 0.2) is 42.5 Å². The van der Waals surface area contributed by atoms with Crippen molar-refractivity contribution in [3.8, 4) is 0 Å². The fraction of sp³-hybridized carbons (Fsp3) is 0.350. The Morgan fingerprint density at radius 1 is 1.14 bits per heavy atom. The molecule has 150 valence electrons. The largest absolute Gasteiger partial charge is 0.336 e. The molecule has 0 spiro atoms. The van der Waals surface area contributed by atoms with Crippen LogP contribution in [0.1, 0.15) is 24.5 Å². The first-order valence-electron chi connectivity index (χ1n) is 9.01. The minimum absolute atomic E-state index is 0.224. The fourth-order valence-corrected chi connectivity index (χ4v) is 5.31. The molecule has 3 rings (SSSR count). The van der Waals surface area contributed by atoms with Gasteiger partial charge in [-0.1, -0.05) is 54.4 Å². The molecule has 1 atom stereocenters. The first-order valence-corrected chi connectivity index (χ1v) is 11.6. The summed E-state index contributed by atoms with van der Waals surface area (Å²) in [6, 6.07) is 11.7. The zero-order valence-electron chi connectivity index (χ0n) is 15.7. The lowest BCUT2D eigenvalue weighted by Gasteiger charge is -2.36. The Morgan fingerprint density at radius 3 is 2.32 bits per heavy atom. The predicted octanol–water partition coefficient (Wildman–Crippen LogP) is 4.12. The Hall–Kier alpha value is -1.76. The van der Waals surface area contributed by atoms with Gasteiger partial charge in [-0.15, -0.1) is 0 Å². The van der Waals surface area contributed by atoms with Crippen LogP contribution in [0.5, 0.6) is 0 Å². The van der Waals surface area contributed by atoms with Gasteiger partial charge in [0.25, 0.3) is 0 Å². The van der Waals surface area contributed by atoms with E-state index < -0.39 is 16.1 Å². The molecule has 28 heavy (non-hydrogen) atoms. The summed E-state index contributed by atoms with van der Waals surface area (Å²) in [5.74, 6) is -0.224. The number of nitrogens with zero attached hydrogens (tertiary/aromatic N) is 2. The van der Waals surface area contributed by atoms with E-state index in [2.05, 4.69) is 6.07 Å². The lowest BCUT2D eigenvalue weighted by molar-refractivity contribution is -0.133. The second-order valence-electron chi connectivity index (χ2n) is 6.89. The number of benzene rings is 2. The van der Waals surface area contributed by atoms with Gasteiger partial charge in [0.1, 0.15) is 6.04 Å². The van der Waals surface area contributed by atoms with Gasteiger partial charge in [0.05, 0.1) is 11.9 Å². The molecule has 1 aliphatic heterocycles. The van der Waals surface area contributed by atoms with Crippen LogP contribution in [-0.2, 0) is 27.8 Å². The summed E-state index contributed by atoms with van der Waals surface area (Å²) in [5, 5.41) is 0.621. The van der Waals surface area contributed by atoms with Crippen LogP contribution in [0.3, 0.4) is 0 Å². The maximum Gasteiger partial charge on any atom is 0.246 e. The molecule has 0 N–H and O–H groups in total. The highest BCUT2D eigenvalue weighted by atomic mass is 35.5. The van der Waals surface area contributed by atoms with Crippen molar-refractivity contribution in [1.82, 2.24) is 4.90 Å². The predicted molar refractivity (Wildman–Crippen MR) is 113 cm³/mol. The highest BCUT2D eigenvalue weighted by Crippen LogP contribution is 2.30. The van der Waals surface area contributed by atoms with Gasteiger partial charge in [0.15, 0.2) is 0 Å². The maximum absolute atomic E-state index is 13.3. The van der Waals surface area contributed by atoms with E-state index in [1.807, 2.05) is 18.2 Å². The van der Waals surface area contributed by atoms with Crippen LogP contribution in [0.25, 0.3) is 0 Å². The van der Waals surface area contributed by atoms with E-state index in [0.29, 0.717) is 29.6 Å². The monoisotopic (exact) mass is 440 g/mol.